The van der Waals surface area contributed by atoms with Gasteiger partial charge in [-0.1, -0.05) is 62.4 Å². The molecule has 0 saturated heterocycles. The lowest BCUT2D eigenvalue weighted by Crippen LogP contribution is -2.20. The average molecular weight is 254 g/mol. The molecule has 1 nitrogen and oxygen atoms in total. The largest absolute Gasteiger partial charge is 0.310 e. The summed E-state index contributed by atoms with van der Waals surface area (Å²) >= 11 is 6.16. The molecule has 1 N–H and O–H groups in total. The van der Waals surface area contributed by atoms with Gasteiger partial charge in [0.1, 0.15) is 0 Å². The number of unbranched alkanes of at least 4 members (excludes halogenated alkanes) is 4. The lowest BCUT2D eigenvalue weighted by molar-refractivity contribution is 0.531. The number of hydrogen-bond donors (Lipinski definition) is 1. The molecule has 17 heavy (non-hydrogen) atoms. The van der Waals surface area contributed by atoms with Gasteiger partial charge >= 0.3 is 0 Å². The molecule has 1 rings (SSSR count). The van der Waals surface area contributed by atoms with Gasteiger partial charge in [-0.25, -0.2) is 0 Å². The Morgan fingerprint density at radius 2 is 1.82 bits per heavy atom. The molecule has 1 aromatic rings. The molecule has 0 aliphatic carbocycles. The van der Waals surface area contributed by atoms with Crippen molar-refractivity contribution in [1.82, 2.24) is 5.32 Å². The summed E-state index contributed by atoms with van der Waals surface area (Å²) in [4.78, 5) is 0. The predicted octanol–water partition coefficient (Wildman–Crippen LogP) is 4.96. The third kappa shape index (κ3) is 5.56. The van der Waals surface area contributed by atoms with E-state index in [1.54, 1.807) is 0 Å². The third-order valence-electron chi connectivity index (χ3n) is 3.10. The smallest absolute Gasteiger partial charge is 0.0453 e. The quantitative estimate of drug-likeness (QED) is 0.646. The highest BCUT2D eigenvalue weighted by Gasteiger charge is 2.07. The Bertz CT molecular complexity index is 312. The van der Waals surface area contributed by atoms with Gasteiger partial charge in [-0.05, 0) is 31.5 Å². The second-order valence-corrected chi connectivity index (χ2v) is 5.02. The second kappa shape index (κ2) is 8.54. The Kier molecular flexibility index (Phi) is 7.30. The molecule has 1 atom stereocenters. The first-order valence-corrected chi connectivity index (χ1v) is 7.11. The van der Waals surface area contributed by atoms with E-state index in [0.29, 0.717) is 6.04 Å². The fourth-order valence-electron chi connectivity index (χ4n) is 1.98. The molecule has 0 bridgehead atoms. The van der Waals surface area contributed by atoms with Crippen LogP contribution in [0.25, 0.3) is 0 Å². The minimum Gasteiger partial charge on any atom is -0.310 e. The molecular weight excluding hydrogens is 230 g/mol. The molecule has 0 aliphatic rings. The molecule has 0 spiro atoms. The monoisotopic (exact) mass is 253 g/mol. The van der Waals surface area contributed by atoms with Crippen LogP contribution in [-0.2, 0) is 0 Å². The fourth-order valence-corrected chi connectivity index (χ4v) is 2.28. The SMILES string of the molecule is CCCCCCCNC(C)c1ccccc1Cl. The summed E-state index contributed by atoms with van der Waals surface area (Å²) in [6.45, 7) is 5.50. The van der Waals surface area contributed by atoms with Crippen molar-refractivity contribution in [2.24, 2.45) is 0 Å². The first-order valence-electron chi connectivity index (χ1n) is 6.73. The summed E-state index contributed by atoms with van der Waals surface area (Å²) < 4.78 is 0. The normalized spacial score (nSPS) is 12.6. The first-order chi connectivity index (χ1) is 8.25. The molecular formula is C15H24ClN. The van der Waals surface area contributed by atoms with Crippen LogP contribution in [0.1, 0.15) is 57.6 Å². The highest BCUT2D eigenvalue weighted by molar-refractivity contribution is 6.31. The van der Waals surface area contributed by atoms with Crippen molar-refractivity contribution in [3.63, 3.8) is 0 Å². The molecule has 0 saturated carbocycles. The van der Waals surface area contributed by atoms with Crippen LogP contribution in [0.2, 0.25) is 5.02 Å². The fraction of sp³-hybridized carbons (Fsp3) is 0.600. The van der Waals surface area contributed by atoms with Crippen molar-refractivity contribution < 1.29 is 0 Å². The van der Waals surface area contributed by atoms with Crippen LogP contribution in [0.3, 0.4) is 0 Å². The van der Waals surface area contributed by atoms with E-state index in [1.165, 1.54) is 37.7 Å². The average Bonchev–Trinajstić information content (AvgIpc) is 2.34. The summed E-state index contributed by atoms with van der Waals surface area (Å²) in [5, 5.41) is 4.39. The van der Waals surface area contributed by atoms with Gasteiger partial charge < -0.3 is 5.32 Å². The van der Waals surface area contributed by atoms with Crippen molar-refractivity contribution in [3.8, 4) is 0 Å². The molecule has 1 unspecified atom stereocenters. The van der Waals surface area contributed by atoms with Gasteiger partial charge in [-0.3, -0.25) is 0 Å². The van der Waals surface area contributed by atoms with Crippen molar-refractivity contribution in [3.05, 3.63) is 34.9 Å². The summed E-state index contributed by atoms with van der Waals surface area (Å²) in [5.74, 6) is 0. The second-order valence-electron chi connectivity index (χ2n) is 4.61. The van der Waals surface area contributed by atoms with E-state index >= 15 is 0 Å². The summed E-state index contributed by atoms with van der Waals surface area (Å²) in [7, 11) is 0. The van der Waals surface area contributed by atoms with Gasteiger partial charge in [0.05, 0.1) is 0 Å². The van der Waals surface area contributed by atoms with Gasteiger partial charge in [0.25, 0.3) is 0 Å². The molecule has 0 heterocycles. The predicted molar refractivity (Wildman–Crippen MR) is 76.6 cm³/mol. The molecule has 1 aromatic carbocycles. The molecule has 0 amide bonds. The first kappa shape index (κ1) is 14.5. The lowest BCUT2D eigenvalue weighted by Gasteiger charge is -2.15. The van der Waals surface area contributed by atoms with E-state index < -0.39 is 0 Å². The zero-order valence-electron chi connectivity index (χ0n) is 11.0. The lowest BCUT2D eigenvalue weighted by atomic mass is 10.1. The minimum absolute atomic E-state index is 0.342. The van der Waals surface area contributed by atoms with Gasteiger partial charge in [0.15, 0.2) is 0 Å². The molecule has 2 heteroatoms. The van der Waals surface area contributed by atoms with E-state index in [-0.39, 0.29) is 0 Å². The molecule has 96 valence electrons. The highest BCUT2D eigenvalue weighted by Crippen LogP contribution is 2.21. The molecule has 0 aliphatic heterocycles. The van der Waals surface area contributed by atoms with E-state index in [4.69, 9.17) is 11.6 Å². The summed E-state index contributed by atoms with van der Waals surface area (Å²) in [6, 6.07) is 8.41. The maximum Gasteiger partial charge on any atom is 0.0453 e. The van der Waals surface area contributed by atoms with Crippen LogP contribution >= 0.6 is 11.6 Å². The highest BCUT2D eigenvalue weighted by atomic mass is 35.5. The topological polar surface area (TPSA) is 12.0 Å². The van der Waals surface area contributed by atoms with Crippen LogP contribution in [0.4, 0.5) is 0 Å². The van der Waals surface area contributed by atoms with Crippen LogP contribution in [0, 0.1) is 0 Å². The number of hydrogen-bond acceptors (Lipinski definition) is 1. The van der Waals surface area contributed by atoms with Gasteiger partial charge in [0.2, 0.25) is 0 Å². The number of halogens is 1. The van der Waals surface area contributed by atoms with Crippen LogP contribution in [0.5, 0.6) is 0 Å². The zero-order valence-corrected chi connectivity index (χ0v) is 11.8. The van der Waals surface area contributed by atoms with E-state index in [9.17, 15) is 0 Å². The number of nitrogens with one attached hydrogen (secondary N) is 1. The zero-order chi connectivity index (χ0) is 12.5. The van der Waals surface area contributed by atoms with Crippen LogP contribution in [0.15, 0.2) is 24.3 Å². The van der Waals surface area contributed by atoms with Crippen molar-refractivity contribution >= 4 is 11.6 Å². The Morgan fingerprint density at radius 1 is 1.12 bits per heavy atom. The maximum atomic E-state index is 6.16. The Morgan fingerprint density at radius 3 is 2.53 bits per heavy atom. The number of rotatable bonds is 8. The van der Waals surface area contributed by atoms with Crippen LogP contribution < -0.4 is 5.32 Å². The number of benzene rings is 1. The summed E-state index contributed by atoms with van der Waals surface area (Å²) in [6.07, 6.45) is 6.62. The van der Waals surface area contributed by atoms with Gasteiger partial charge in [-0.2, -0.15) is 0 Å². The van der Waals surface area contributed by atoms with E-state index in [1.807, 2.05) is 18.2 Å². The Hall–Kier alpha value is -0.530. The molecule has 0 fully saturated rings. The molecule has 0 radical (unpaired) electrons. The third-order valence-corrected chi connectivity index (χ3v) is 3.45. The van der Waals surface area contributed by atoms with Crippen molar-refractivity contribution in [1.29, 1.82) is 0 Å². The van der Waals surface area contributed by atoms with Crippen molar-refractivity contribution in [2.45, 2.75) is 52.0 Å². The van der Waals surface area contributed by atoms with Crippen LogP contribution in [-0.4, -0.2) is 6.54 Å². The van der Waals surface area contributed by atoms with E-state index in [0.717, 1.165) is 11.6 Å². The Labute approximate surface area is 111 Å². The van der Waals surface area contributed by atoms with Gasteiger partial charge in [-0.15, -0.1) is 0 Å². The minimum atomic E-state index is 0.342. The molecule has 0 aromatic heterocycles. The standard InChI is InChI=1S/C15H24ClN/c1-3-4-5-6-9-12-17-13(2)14-10-7-8-11-15(14)16/h7-8,10-11,13,17H,3-6,9,12H2,1-2H3. The van der Waals surface area contributed by atoms with Crippen molar-refractivity contribution in [2.75, 3.05) is 6.54 Å². The maximum absolute atomic E-state index is 6.16. The van der Waals surface area contributed by atoms with Gasteiger partial charge in [0, 0.05) is 11.1 Å². The summed E-state index contributed by atoms with van der Waals surface area (Å²) in [5.41, 5.74) is 1.20. The van der Waals surface area contributed by atoms with E-state index in [2.05, 4.69) is 25.2 Å². The Balaban J connectivity index is 2.21.